The van der Waals surface area contributed by atoms with Gasteiger partial charge in [0.05, 0.1) is 34.5 Å². The molecule has 1 heterocycles. The lowest BCUT2D eigenvalue weighted by Gasteiger charge is -2.16. The number of unbranched alkanes of at least 4 members (excludes halogenated alkanes) is 3. The number of esters is 2. The molecule has 4 rings (SSSR count). The number of benzene rings is 3. The van der Waals surface area contributed by atoms with Gasteiger partial charge in [-0.3, -0.25) is 4.79 Å². The molecule has 0 aliphatic rings. The summed E-state index contributed by atoms with van der Waals surface area (Å²) in [5, 5.41) is 19.7. The Kier molecular flexibility index (Phi) is 14.8. The zero-order chi connectivity index (χ0) is 37.5. The molecule has 1 aromatic heterocycles. The van der Waals surface area contributed by atoms with Gasteiger partial charge in [0.15, 0.2) is 23.5 Å². The Morgan fingerprint density at radius 3 is 2.13 bits per heavy atom. The van der Waals surface area contributed by atoms with E-state index >= 15 is 0 Å². The molecule has 0 amide bonds. The number of fused-ring (bicyclic) bond motifs is 1. The van der Waals surface area contributed by atoms with Crippen molar-refractivity contribution < 1.29 is 52.6 Å². The number of hydrogen-bond donors (Lipinski definition) is 2. The number of hydrogen-bond acceptors (Lipinski definition) is 13. The zero-order valence-corrected chi connectivity index (χ0v) is 29.8. The Bertz CT molecular complexity index is 1860. The SMILES string of the molecule is COc1cc(/C=C/C(=O)OCCCCCN(C)CCCCOC(=O)COc2ccc(-c3cc(=O)c4c(O)cc(O)cc4o3)cc2)cc(OC)c1OC. The van der Waals surface area contributed by atoms with Crippen LogP contribution in [0.5, 0.6) is 34.5 Å². The minimum Gasteiger partial charge on any atom is -0.508 e. The van der Waals surface area contributed by atoms with E-state index in [2.05, 4.69) is 4.90 Å². The van der Waals surface area contributed by atoms with Crippen molar-refractivity contribution in [3.8, 4) is 45.8 Å². The first kappa shape index (κ1) is 39.1. The summed E-state index contributed by atoms with van der Waals surface area (Å²) < 4.78 is 37.9. The molecule has 3 aromatic carbocycles. The summed E-state index contributed by atoms with van der Waals surface area (Å²) >= 11 is 0. The van der Waals surface area contributed by atoms with E-state index in [-0.39, 0.29) is 34.8 Å². The molecule has 13 heteroatoms. The predicted octanol–water partition coefficient (Wildman–Crippen LogP) is 5.96. The molecule has 278 valence electrons. The van der Waals surface area contributed by atoms with E-state index in [4.69, 9.17) is 32.8 Å². The van der Waals surface area contributed by atoms with Crippen molar-refractivity contribution in [2.24, 2.45) is 0 Å². The molecule has 0 unspecified atom stereocenters. The van der Waals surface area contributed by atoms with Crippen LogP contribution in [0, 0.1) is 0 Å². The van der Waals surface area contributed by atoms with E-state index in [0.717, 1.165) is 51.3 Å². The Hall–Kier alpha value is -5.69. The Labute approximate surface area is 301 Å². The first-order valence-corrected chi connectivity index (χ1v) is 16.8. The lowest BCUT2D eigenvalue weighted by Crippen LogP contribution is -2.22. The summed E-state index contributed by atoms with van der Waals surface area (Å²) in [5.41, 5.74) is 0.897. The third kappa shape index (κ3) is 11.4. The van der Waals surface area contributed by atoms with Gasteiger partial charge in [-0.05, 0) is 100 Å². The van der Waals surface area contributed by atoms with Crippen molar-refractivity contribution in [1.82, 2.24) is 4.90 Å². The highest BCUT2D eigenvalue weighted by Crippen LogP contribution is 2.38. The molecule has 0 aliphatic heterocycles. The van der Waals surface area contributed by atoms with Gasteiger partial charge in [-0.25, -0.2) is 9.59 Å². The molecule has 0 spiro atoms. The van der Waals surface area contributed by atoms with Crippen LogP contribution in [0.1, 0.15) is 37.7 Å². The summed E-state index contributed by atoms with van der Waals surface area (Å²) in [5.74, 6) is 0.671. The van der Waals surface area contributed by atoms with E-state index in [1.54, 1.807) is 42.5 Å². The van der Waals surface area contributed by atoms with Crippen molar-refractivity contribution in [3.05, 3.63) is 76.5 Å². The van der Waals surface area contributed by atoms with Gasteiger partial charge in [0.1, 0.15) is 34.0 Å². The second-order valence-corrected chi connectivity index (χ2v) is 11.9. The molecular weight excluding hydrogens is 674 g/mol. The zero-order valence-electron chi connectivity index (χ0n) is 29.8. The first-order chi connectivity index (χ1) is 25.1. The van der Waals surface area contributed by atoms with Gasteiger partial charge in [-0.15, -0.1) is 0 Å². The molecule has 0 aliphatic carbocycles. The van der Waals surface area contributed by atoms with Gasteiger partial charge >= 0.3 is 11.9 Å². The standard InChI is InChI=1S/C39H45NO12/c1-40(16-6-5-8-18-49-36(44)15-10-26-20-34(46-2)39(48-4)35(21-26)47-3)17-7-9-19-50-37(45)25-51-29-13-11-27(12-14-29)32-24-31(43)38-30(42)22-28(41)23-33(38)52-32/h10-15,20-24,41-42H,5-9,16-19,25H2,1-4H3/b15-10+. The second-order valence-electron chi connectivity index (χ2n) is 11.9. The van der Waals surface area contributed by atoms with E-state index in [1.165, 1.54) is 39.5 Å². The Morgan fingerprint density at radius 1 is 0.808 bits per heavy atom. The van der Waals surface area contributed by atoms with Gasteiger partial charge in [-0.1, -0.05) is 0 Å². The van der Waals surface area contributed by atoms with Crippen LogP contribution in [-0.4, -0.2) is 88.3 Å². The van der Waals surface area contributed by atoms with Crippen LogP contribution in [-0.2, 0) is 19.1 Å². The number of aromatic hydroxyl groups is 2. The van der Waals surface area contributed by atoms with Crippen LogP contribution in [0.2, 0.25) is 0 Å². The summed E-state index contributed by atoms with van der Waals surface area (Å²) in [6.45, 7) is 2.15. The van der Waals surface area contributed by atoms with Gasteiger partial charge in [0, 0.05) is 29.8 Å². The molecule has 0 saturated heterocycles. The molecule has 2 N–H and O–H groups in total. The highest BCUT2D eigenvalue weighted by molar-refractivity contribution is 5.87. The molecule has 52 heavy (non-hydrogen) atoms. The second kappa shape index (κ2) is 19.6. The molecule has 0 radical (unpaired) electrons. The van der Waals surface area contributed by atoms with Crippen LogP contribution < -0.4 is 24.4 Å². The fraction of sp³-hybridized carbons (Fsp3) is 0.359. The monoisotopic (exact) mass is 719 g/mol. The average molecular weight is 720 g/mol. The lowest BCUT2D eigenvalue weighted by atomic mass is 10.1. The number of rotatable bonds is 20. The maximum absolute atomic E-state index is 12.5. The number of phenols is 2. The van der Waals surface area contributed by atoms with E-state index in [0.29, 0.717) is 47.3 Å². The minimum absolute atomic E-state index is 0.0161. The van der Waals surface area contributed by atoms with Crippen molar-refractivity contribution in [1.29, 1.82) is 0 Å². The van der Waals surface area contributed by atoms with Crippen molar-refractivity contribution in [3.63, 3.8) is 0 Å². The van der Waals surface area contributed by atoms with Crippen molar-refractivity contribution in [2.45, 2.75) is 32.1 Å². The Balaban J connectivity index is 1.04. The highest BCUT2D eigenvalue weighted by atomic mass is 16.6. The first-order valence-electron chi connectivity index (χ1n) is 16.8. The van der Waals surface area contributed by atoms with Gasteiger partial charge in [-0.2, -0.15) is 0 Å². The highest BCUT2D eigenvalue weighted by Gasteiger charge is 2.14. The predicted molar refractivity (Wildman–Crippen MR) is 194 cm³/mol. The molecule has 0 atom stereocenters. The number of ether oxygens (including phenoxy) is 6. The van der Waals surface area contributed by atoms with Crippen LogP contribution in [0.25, 0.3) is 28.4 Å². The maximum atomic E-state index is 12.5. The van der Waals surface area contributed by atoms with E-state index < -0.39 is 17.4 Å². The molecule has 0 fully saturated rings. The number of phenolic OH excluding ortho intramolecular Hbond substituents is 2. The quantitative estimate of drug-likeness (QED) is 0.0626. The summed E-state index contributed by atoms with van der Waals surface area (Å²) in [4.78, 5) is 39.0. The minimum atomic E-state index is -0.477. The van der Waals surface area contributed by atoms with Gasteiger partial charge in [0.2, 0.25) is 5.75 Å². The number of carbonyl (C=O) groups excluding carboxylic acids is 2. The van der Waals surface area contributed by atoms with Crippen molar-refractivity contribution >= 4 is 29.0 Å². The van der Waals surface area contributed by atoms with Gasteiger partial charge < -0.3 is 48.0 Å². The summed E-state index contributed by atoms with van der Waals surface area (Å²) in [7, 11) is 6.64. The third-order valence-corrected chi connectivity index (χ3v) is 8.01. The van der Waals surface area contributed by atoms with Crippen LogP contribution in [0.4, 0.5) is 0 Å². The number of carbonyl (C=O) groups is 2. The topological polar surface area (TPSA) is 163 Å². The third-order valence-electron chi connectivity index (χ3n) is 8.01. The molecule has 0 saturated carbocycles. The van der Waals surface area contributed by atoms with E-state index in [1.807, 2.05) is 7.05 Å². The number of methoxy groups -OCH3 is 3. The maximum Gasteiger partial charge on any atom is 0.344 e. The lowest BCUT2D eigenvalue weighted by molar-refractivity contribution is -0.146. The van der Waals surface area contributed by atoms with Crippen LogP contribution in [0.3, 0.4) is 0 Å². The smallest absolute Gasteiger partial charge is 0.344 e. The van der Waals surface area contributed by atoms with Crippen LogP contribution in [0.15, 0.2) is 69.9 Å². The van der Waals surface area contributed by atoms with E-state index in [9.17, 15) is 24.6 Å². The molecule has 0 bridgehead atoms. The fourth-order valence-electron chi connectivity index (χ4n) is 5.32. The number of nitrogens with zero attached hydrogens (tertiary/aromatic N) is 1. The summed E-state index contributed by atoms with van der Waals surface area (Å²) in [6.07, 6.45) is 7.25. The van der Waals surface area contributed by atoms with Gasteiger partial charge in [0.25, 0.3) is 0 Å². The van der Waals surface area contributed by atoms with Crippen LogP contribution >= 0.6 is 0 Å². The molecule has 13 nitrogen and oxygen atoms in total. The largest absolute Gasteiger partial charge is 0.508 e. The molecule has 4 aromatic rings. The summed E-state index contributed by atoms with van der Waals surface area (Å²) in [6, 6.07) is 13.7. The average Bonchev–Trinajstić information content (AvgIpc) is 3.13. The van der Waals surface area contributed by atoms with Crippen molar-refractivity contribution in [2.75, 3.05) is 61.3 Å². The fourth-order valence-corrected chi connectivity index (χ4v) is 5.32. The molecular formula is C39H45NO12. The Morgan fingerprint density at radius 2 is 1.46 bits per heavy atom. The normalized spacial score (nSPS) is 11.2.